The number of halogens is 1. The van der Waals surface area contributed by atoms with Gasteiger partial charge < -0.3 is 10.1 Å². The molecule has 0 saturated heterocycles. The Morgan fingerprint density at radius 3 is 2.61 bits per heavy atom. The molecule has 0 saturated carbocycles. The third kappa shape index (κ3) is 3.46. The van der Waals surface area contributed by atoms with Gasteiger partial charge in [0, 0.05) is 10.7 Å². The smallest absolute Gasteiger partial charge is 0.259 e. The van der Waals surface area contributed by atoms with Crippen molar-refractivity contribution in [1.82, 2.24) is 0 Å². The van der Waals surface area contributed by atoms with Gasteiger partial charge in [0.1, 0.15) is 5.75 Å². The first-order chi connectivity index (χ1) is 11.2. The number of nitrogens with one attached hydrogen (secondary N) is 1. The third-order valence-corrected chi connectivity index (χ3v) is 3.73. The van der Waals surface area contributed by atoms with Gasteiger partial charge >= 0.3 is 0 Å². The van der Waals surface area contributed by atoms with E-state index >= 15 is 0 Å². The number of carbonyl (C=O) groups excluding carboxylic acids is 1. The van der Waals surface area contributed by atoms with Gasteiger partial charge in [-0.3, -0.25) is 4.79 Å². The van der Waals surface area contributed by atoms with E-state index in [1.807, 2.05) is 49.4 Å². The Kier molecular flexibility index (Phi) is 4.49. The van der Waals surface area contributed by atoms with Crippen LogP contribution in [-0.4, -0.2) is 12.5 Å². The molecule has 1 amide bonds. The molecule has 3 aromatic rings. The van der Waals surface area contributed by atoms with Crippen molar-refractivity contribution in [3.05, 3.63) is 71.2 Å². The maximum absolute atomic E-state index is 12.5. The summed E-state index contributed by atoms with van der Waals surface area (Å²) in [5.74, 6) is 0.279. The second kappa shape index (κ2) is 6.71. The lowest BCUT2D eigenvalue weighted by Gasteiger charge is -2.11. The van der Waals surface area contributed by atoms with Crippen molar-refractivity contribution < 1.29 is 9.53 Å². The van der Waals surface area contributed by atoms with E-state index in [9.17, 15) is 4.79 Å². The van der Waals surface area contributed by atoms with Gasteiger partial charge in [-0.2, -0.15) is 0 Å². The molecule has 0 aromatic heterocycles. The first-order valence-electron chi connectivity index (χ1n) is 7.40. The lowest BCUT2D eigenvalue weighted by atomic mass is 10.1. The van der Waals surface area contributed by atoms with Gasteiger partial charge in [-0.25, -0.2) is 0 Å². The molecule has 3 rings (SSSR count). The Hall–Kier alpha value is -2.52. The Morgan fingerprint density at radius 2 is 1.83 bits per heavy atom. The number of rotatable bonds is 4. The van der Waals surface area contributed by atoms with E-state index in [4.69, 9.17) is 16.3 Å². The summed E-state index contributed by atoms with van der Waals surface area (Å²) in [6, 6.07) is 18.8. The number of benzene rings is 3. The zero-order valence-corrected chi connectivity index (χ0v) is 13.4. The fourth-order valence-corrected chi connectivity index (χ4v) is 2.60. The molecule has 1 N–H and O–H groups in total. The van der Waals surface area contributed by atoms with Gasteiger partial charge in [0.2, 0.25) is 0 Å². The number of fused-ring (bicyclic) bond motifs is 1. The van der Waals surface area contributed by atoms with E-state index in [0.717, 1.165) is 16.5 Å². The molecule has 0 aliphatic heterocycles. The molecular formula is C19H16ClNO2. The summed E-state index contributed by atoms with van der Waals surface area (Å²) in [5.41, 5.74) is 1.16. The number of hydrogen-bond donors (Lipinski definition) is 1. The zero-order chi connectivity index (χ0) is 16.2. The second-order valence-corrected chi connectivity index (χ2v) is 5.53. The number of ether oxygens (including phenoxy) is 1. The molecule has 23 heavy (non-hydrogen) atoms. The quantitative estimate of drug-likeness (QED) is 0.721. The minimum Gasteiger partial charge on any atom is -0.493 e. The van der Waals surface area contributed by atoms with E-state index < -0.39 is 0 Å². The summed E-state index contributed by atoms with van der Waals surface area (Å²) >= 11 is 6.01. The van der Waals surface area contributed by atoms with Crippen molar-refractivity contribution in [2.24, 2.45) is 0 Å². The Balaban J connectivity index is 1.89. The summed E-state index contributed by atoms with van der Waals surface area (Å²) in [6.45, 7) is 2.36. The van der Waals surface area contributed by atoms with Gasteiger partial charge in [0.15, 0.2) is 0 Å². The largest absolute Gasteiger partial charge is 0.493 e. The number of amides is 1. The highest BCUT2D eigenvalue weighted by atomic mass is 35.5. The third-order valence-electron chi connectivity index (χ3n) is 3.49. The van der Waals surface area contributed by atoms with Gasteiger partial charge in [0.05, 0.1) is 12.2 Å². The summed E-state index contributed by atoms with van der Waals surface area (Å²) in [7, 11) is 0. The average molecular weight is 326 g/mol. The molecule has 0 aliphatic rings. The summed E-state index contributed by atoms with van der Waals surface area (Å²) < 4.78 is 5.50. The highest BCUT2D eigenvalue weighted by molar-refractivity contribution is 6.31. The topological polar surface area (TPSA) is 38.3 Å². The molecule has 3 aromatic carbocycles. The van der Waals surface area contributed by atoms with Crippen molar-refractivity contribution in [1.29, 1.82) is 0 Å². The molecule has 3 nitrogen and oxygen atoms in total. The monoisotopic (exact) mass is 325 g/mol. The molecule has 0 atom stereocenters. The van der Waals surface area contributed by atoms with Crippen LogP contribution in [-0.2, 0) is 0 Å². The minimum absolute atomic E-state index is 0.244. The number of carbonyl (C=O) groups is 1. The highest BCUT2D eigenvalue weighted by Gasteiger charge is 2.13. The SMILES string of the molecule is CCOc1ccc(Cl)cc1C(=O)Nc1ccc2ccccc2c1. The molecule has 0 unspecified atom stereocenters. The van der Waals surface area contributed by atoms with E-state index in [1.165, 1.54) is 0 Å². The number of anilines is 1. The maximum Gasteiger partial charge on any atom is 0.259 e. The normalized spacial score (nSPS) is 10.5. The zero-order valence-electron chi connectivity index (χ0n) is 12.7. The van der Waals surface area contributed by atoms with Crippen LogP contribution < -0.4 is 10.1 Å². The van der Waals surface area contributed by atoms with E-state index in [2.05, 4.69) is 5.32 Å². The van der Waals surface area contributed by atoms with Crippen molar-refractivity contribution >= 4 is 34.0 Å². The van der Waals surface area contributed by atoms with Crippen LogP contribution in [0.1, 0.15) is 17.3 Å². The van der Waals surface area contributed by atoms with Crippen molar-refractivity contribution in [3.8, 4) is 5.75 Å². The molecule has 0 aliphatic carbocycles. The Labute approximate surface area is 139 Å². The van der Waals surface area contributed by atoms with E-state index in [1.54, 1.807) is 18.2 Å². The molecule has 0 bridgehead atoms. The molecule has 0 fully saturated rings. The molecule has 4 heteroatoms. The van der Waals surface area contributed by atoms with E-state index in [0.29, 0.717) is 22.9 Å². The molecule has 0 heterocycles. The summed E-state index contributed by atoms with van der Waals surface area (Å²) in [5, 5.41) is 5.59. The van der Waals surface area contributed by atoms with Gasteiger partial charge in [0.25, 0.3) is 5.91 Å². The lowest BCUT2D eigenvalue weighted by Crippen LogP contribution is -2.13. The van der Waals surface area contributed by atoms with Crippen molar-refractivity contribution in [3.63, 3.8) is 0 Å². The van der Waals surface area contributed by atoms with Crippen LogP contribution in [0, 0.1) is 0 Å². The van der Waals surface area contributed by atoms with Crippen LogP contribution in [0.4, 0.5) is 5.69 Å². The van der Waals surface area contributed by atoms with Crippen LogP contribution in [0.2, 0.25) is 5.02 Å². The van der Waals surface area contributed by atoms with E-state index in [-0.39, 0.29) is 5.91 Å². The standard InChI is InChI=1S/C19H16ClNO2/c1-2-23-18-10-8-15(20)12-17(18)19(22)21-16-9-7-13-5-3-4-6-14(13)11-16/h3-12H,2H2,1H3,(H,21,22). The Bertz CT molecular complexity index is 861. The molecule has 116 valence electrons. The number of hydrogen-bond acceptors (Lipinski definition) is 2. The second-order valence-electron chi connectivity index (χ2n) is 5.09. The Morgan fingerprint density at radius 1 is 1.04 bits per heavy atom. The molecule has 0 radical (unpaired) electrons. The average Bonchev–Trinajstić information content (AvgIpc) is 2.56. The minimum atomic E-state index is -0.244. The van der Waals surface area contributed by atoms with Crippen LogP contribution in [0.3, 0.4) is 0 Å². The lowest BCUT2D eigenvalue weighted by molar-refractivity contribution is 0.102. The van der Waals surface area contributed by atoms with Crippen molar-refractivity contribution in [2.45, 2.75) is 6.92 Å². The molecule has 0 spiro atoms. The van der Waals surface area contributed by atoms with Crippen molar-refractivity contribution in [2.75, 3.05) is 11.9 Å². The van der Waals surface area contributed by atoms with Gasteiger partial charge in [-0.15, -0.1) is 0 Å². The molecular weight excluding hydrogens is 310 g/mol. The van der Waals surface area contributed by atoms with Gasteiger partial charge in [-0.05, 0) is 48.0 Å². The van der Waals surface area contributed by atoms with Gasteiger partial charge in [-0.1, -0.05) is 41.9 Å². The highest BCUT2D eigenvalue weighted by Crippen LogP contribution is 2.25. The summed E-state index contributed by atoms with van der Waals surface area (Å²) in [4.78, 5) is 12.5. The summed E-state index contributed by atoms with van der Waals surface area (Å²) in [6.07, 6.45) is 0. The predicted molar refractivity (Wildman–Crippen MR) is 94.5 cm³/mol. The predicted octanol–water partition coefficient (Wildman–Crippen LogP) is 5.14. The first kappa shape index (κ1) is 15.4. The fourth-order valence-electron chi connectivity index (χ4n) is 2.43. The first-order valence-corrected chi connectivity index (χ1v) is 7.77. The van der Waals surface area contributed by atoms with Crippen LogP contribution in [0.25, 0.3) is 10.8 Å². The maximum atomic E-state index is 12.5. The fraction of sp³-hybridized carbons (Fsp3) is 0.105. The van der Waals surface area contributed by atoms with Crippen LogP contribution in [0.15, 0.2) is 60.7 Å². The van der Waals surface area contributed by atoms with Crippen LogP contribution in [0.5, 0.6) is 5.75 Å². The van der Waals surface area contributed by atoms with Crippen LogP contribution >= 0.6 is 11.6 Å².